The van der Waals surface area contributed by atoms with Gasteiger partial charge in [-0.1, -0.05) is 18.6 Å². The van der Waals surface area contributed by atoms with E-state index in [0.29, 0.717) is 18.7 Å². The van der Waals surface area contributed by atoms with Crippen LogP contribution in [0.15, 0.2) is 36.5 Å². The van der Waals surface area contributed by atoms with Crippen LogP contribution in [0, 0.1) is 19.3 Å². The Morgan fingerprint density at radius 3 is 2.86 bits per heavy atom. The fourth-order valence-electron chi connectivity index (χ4n) is 4.62. The summed E-state index contributed by atoms with van der Waals surface area (Å²) < 4.78 is 0. The number of aryl methyl sites for hydroxylation is 2. The monoisotopic (exact) mass is 378 g/mol. The van der Waals surface area contributed by atoms with Gasteiger partial charge in [0.2, 0.25) is 5.91 Å². The van der Waals surface area contributed by atoms with Crippen LogP contribution < -0.4 is 10.2 Å². The number of hydrogen-bond acceptors (Lipinski definition) is 4. The lowest BCUT2D eigenvalue weighted by molar-refractivity contribution is -0.127. The molecule has 0 aromatic carbocycles. The molecule has 2 amide bonds. The van der Waals surface area contributed by atoms with Crippen LogP contribution in [-0.4, -0.2) is 34.4 Å². The van der Waals surface area contributed by atoms with E-state index in [0.717, 1.165) is 42.8 Å². The Balaban J connectivity index is 1.48. The Hall–Kier alpha value is -2.76. The molecule has 0 unspecified atom stereocenters. The first-order valence-corrected chi connectivity index (χ1v) is 9.97. The maximum absolute atomic E-state index is 13.3. The van der Waals surface area contributed by atoms with E-state index in [2.05, 4.69) is 15.3 Å². The summed E-state index contributed by atoms with van der Waals surface area (Å²) in [5.74, 6) is 0.759. The van der Waals surface area contributed by atoms with E-state index in [-0.39, 0.29) is 23.3 Å². The van der Waals surface area contributed by atoms with Gasteiger partial charge in [0, 0.05) is 24.5 Å². The minimum atomic E-state index is -0.389. The number of carbonyl (C=O) groups is 2. The van der Waals surface area contributed by atoms with Gasteiger partial charge >= 0.3 is 0 Å². The van der Waals surface area contributed by atoms with E-state index in [9.17, 15) is 9.59 Å². The van der Waals surface area contributed by atoms with Crippen LogP contribution in [-0.2, 0) is 4.79 Å². The molecule has 146 valence electrons. The second-order valence-electron chi connectivity index (χ2n) is 8.06. The van der Waals surface area contributed by atoms with Crippen molar-refractivity contribution in [1.29, 1.82) is 0 Å². The van der Waals surface area contributed by atoms with Gasteiger partial charge in [0.15, 0.2) is 0 Å². The topological polar surface area (TPSA) is 75.2 Å². The summed E-state index contributed by atoms with van der Waals surface area (Å²) in [4.78, 5) is 36.5. The first-order chi connectivity index (χ1) is 13.5. The van der Waals surface area contributed by atoms with Crippen molar-refractivity contribution in [3.63, 3.8) is 0 Å². The highest BCUT2D eigenvalue weighted by Gasteiger charge is 2.50. The Morgan fingerprint density at radius 1 is 1.21 bits per heavy atom. The molecule has 1 saturated carbocycles. The second-order valence-corrected chi connectivity index (χ2v) is 8.06. The second kappa shape index (κ2) is 7.34. The number of amides is 2. The normalized spacial score (nSPS) is 24.6. The predicted molar refractivity (Wildman–Crippen MR) is 107 cm³/mol. The van der Waals surface area contributed by atoms with Crippen LogP contribution in [0.4, 0.5) is 5.82 Å². The van der Waals surface area contributed by atoms with Crippen molar-refractivity contribution in [2.75, 3.05) is 11.4 Å². The van der Waals surface area contributed by atoms with Crippen LogP contribution in [0.3, 0.4) is 0 Å². The fourth-order valence-corrected chi connectivity index (χ4v) is 4.62. The van der Waals surface area contributed by atoms with Crippen LogP contribution in [0.1, 0.15) is 53.8 Å². The third-order valence-electron chi connectivity index (χ3n) is 6.05. The number of pyridine rings is 2. The van der Waals surface area contributed by atoms with Crippen molar-refractivity contribution in [3.05, 3.63) is 53.5 Å². The minimum absolute atomic E-state index is 0.00251. The summed E-state index contributed by atoms with van der Waals surface area (Å²) >= 11 is 0. The highest BCUT2D eigenvalue weighted by Crippen LogP contribution is 2.46. The zero-order valence-corrected chi connectivity index (χ0v) is 16.4. The van der Waals surface area contributed by atoms with Crippen LogP contribution in [0.25, 0.3) is 0 Å². The molecular formula is C22H26N4O2. The molecule has 1 aliphatic carbocycles. The summed E-state index contributed by atoms with van der Waals surface area (Å²) in [7, 11) is 0. The SMILES string of the molecule is Cc1cccc(C(=O)N[C@@H]2CCC[C@]3(CCN(c4ncccc4C)C3=O)C2)n1. The molecular weight excluding hydrogens is 352 g/mol. The smallest absolute Gasteiger partial charge is 0.270 e. The molecule has 2 aromatic rings. The molecule has 1 N–H and O–H groups in total. The number of carbonyl (C=O) groups excluding carboxylic acids is 2. The molecule has 6 nitrogen and oxygen atoms in total. The van der Waals surface area contributed by atoms with Crippen molar-refractivity contribution in [2.45, 2.75) is 52.0 Å². The summed E-state index contributed by atoms with van der Waals surface area (Å²) in [6, 6.07) is 9.32. The van der Waals surface area contributed by atoms with E-state index >= 15 is 0 Å². The molecule has 2 fully saturated rings. The molecule has 6 heteroatoms. The highest BCUT2D eigenvalue weighted by molar-refractivity contribution is 6.00. The van der Waals surface area contributed by atoms with E-state index < -0.39 is 0 Å². The van der Waals surface area contributed by atoms with Gasteiger partial charge in [-0.2, -0.15) is 0 Å². The van der Waals surface area contributed by atoms with Gasteiger partial charge < -0.3 is 5.32 Å². The number of nitrogens with zero attached hydrogens (tertiary/aromatic N) is 3. The summed E-state index contributed by atoms with van der Waals surface area (Å²) in [6.07, 6.45) is 5.95. The van der Waals surface area contributed by atoms with Gasteiger partial charge in [0.05, 0.1) is 5.41 Å². The molecule has 1 aliphatic heterocycles. The van der Waals surface area contributed by atoms with Gasteiger partial charge in [-0.15, -0.1) is 0 Å². The third kappa shape index (κ3) is 3.39. The predicted octanol–water partition coefficient (Wildman–Crippen LogP) is 3.19. The number of aromatic nitrogens is 2. The van der Waals surface area contributed by atoms with E-state index in [1.54, 1.807) is 12.3 Å². The summed E-state index contributed by atoms with van der Waals surface area (Å²) in [6.45, 7) is 4.55. The Morgan fingerprint density at radius 2 is 2.07 bits per heavy atom. The average molecular weight is 378 g/mol. The van der Waals surface area contributed by atoms with Crippen molar-refractivity contribution < 1.29 is 9.59 Å². The number of anilines is 1. The van der Waals surface area contributed by atoms with E-state index in [1.807, 2.05) is 43.0 Å². The van der Waals surface area contributed by atoms with Crippen LogP contribution in [0.5, 0.6) is 0 Å². The Kier molecular flexibility index (Phi) is 4.87. The Labute approximate surface area is 165 Å². The maximum Gasteiger partial charge on any atom is 0.270 e. The van der Waals surface area contributed by atoms with Gasteiger partial charge in [0.1, 0.15) is 11.5 Å². The lowest BCUT2D eigenvalue weighted by Gasteiger charge is -2.36. The molecule has 2 aliphatic rings. The van der Waals surface area contributed by atoms with Gasteiger partial charge in [-0.05, 0) is 63.3 Å². The molecule has 28 heavy (non-hydrogen) atoms. The summed E-state index contributed by atoms with van der Waals surface area (Å²) in [5, 5.41) is 3.11. The largest absolute Gasteiger partial charge is 0.348 e. The molecule has 2 atom stereocenters. The van der Waals surface area contributed by atoms with Crippen molar-refractivity contribution in [3.8, 4) is 0 Å². The van der Waals surface area contributed by atoms with Crippen molar-refractivity contribution in [2.24, 2.45) is 5.41 Å². The first kappa shape index (κ1) is 18.6. The molecule has 0 radical (unpaired) electrons. The van der Waals surface area contributed by atoms with Crippen molar-refractivity contribution >= 4 is 17.6 Å². The molecule has 1 saturated heterocycles. The highest BCUT2D eigenvalue weighted by atomic mass is 16.2. The van der Waals surface area contributed by atoms with Crippen LogP contribution in [0.2, 0.25) is 0 Å². The average Bonchev–Trinajstić information content (AvgIpc) is 2.98. The maximum atomic E-state index is 13.3. The van der Waals surface area contributed by atoms with E-state index in [1.165, 1.54) is 0 Å². The van der Waals surface area contributed by atoms with E-state index in [4.69, 9.17) is 0 Å². The molecule has 0 bridgehead atoms. The molecule has 2 aromatic heterocycles. The number of nitrogens with one attached hydrogen (secondary N) is 1. The first-order valence-electron chi connectivity index (χ1n) is 9.97. The van der Waals surface area contributed by atoms with Gasteiger partial charge in [-0.25, -0.2) is 9.97 Å². The molecule has 4 rings (SSSR count). The van der Waals surface area contributed by atoms with Gasteiger partial charge in [-0.3, -0.25) is 14.5 Å². The zero-order valence-electron chi connectivity index (χ0n) is 16.4. The molecule has 1 spiro atoms. The van der Waals surface area contributed by atoms with Crippen LogP contribution >= 0.6 is 0 Å². The number of rotatable bonds is 3. The summed E-state index contributed by atoms with van der Waals surface area (Å²) in [5.41, 5.74) is 1.88. The lowest BCUT2D eigenvalue weighted by Crippen LogP contribution is -2.46. The third-order valence-corrected chi connectivity index (χ3v) is 6.05. The molecule has 3 heterocycles. The fraction of sp³-hybridized carbons (Fsp3) is 0.455. The zero-order chi connectivity index (χ0) is 19.7. The van der Waals surface area contributed by atoms with Crippen molar-refractivity contribution in [1.82, 2.24) is 15.3 Å². The quantitative estimate of drug-likeness (QED) is 0.890. The number of hydrogen-bond donors (Lipinski definition) is 1. The Bertz CT molecular complexity index is 913. The standard InChI is InChI=1S/C22H26N4O2/c1-15-6-5-12-23-19(15)26-13-11-22(21(26)28)10-4-8-17(14-22)25-20(27)18-9-3-7-16(2)24-18/h3,5-7,9,12,17H,4,8,10-11,13-14H2,1-2H3,(H,25,27)/t17-,22+/m1/s1. The van der Waals surface area contributed by atoms with Gasteiger partial charge in [0.25, 0.3) is 5.91 Å². The lowest BCUT2D eigenvalue weighted by atomic mass is 9.71. The minimum Gasteiger partial charge on any atom is -0.348 e.